The first-order valence-electron chi connectivity index (χ1n) is 15.2. The molecule has 0 aromatic heterocycles. The van der Waals surface area contributed by atoms with E-state index >= 15 is 0 Å². The van der Waals surface area contributed by atoms with Crippen LogP contribution in [0, 0.1) is 41.5 Å². The van der Waals surface area contributed by atoms with Crippen LogP contribution in [-0.2, 0) is 0 Å². The van der Waals surface area contributed by atoms with Crippen molar-refractivity contribution in [2.45, 2.75) is 87.5 Å². The lowest BCUT2D eigenvalue weighted by molar-refractivity contribution is 0.101. The molecule has 0 radical (unpaired) electrons. The molecule has 0 heterocycles. The van der Waals surface area contributed by atoms with Crippen LogP contribution in [0.4, 0.5) is 0 Å². The maximum absolute atomic E-state index is 11.1. The van der Waals surface area contributed by atoms with Gasteiger partial charge in [-0.25, -0.2) is 0 Å². The Morgan fingerprint density at radius 1 is 0.537 bits per heavy atom. The summed E-state index contributed by atoms with van der Waals surface area (Å²) in [4.78, 5) is 11.1. The maximum Gasteiger partial charge on any atom is 0.159 e. The molecule has 5 rings (SSSR count). The molecule has 214 valence electrons. The molecule has 5 aromatic carbocycles. The molecule has 41 heavy (non-hydrogen) atoms. The molecule has 0 saturated heterocycles. The molecule has 2 nitrogen and oxygen atoms in total. The number of unbranched alkanes of at least 4 members (excludes halogenated alkanes) is 4. The van der Waals surface area contributed by atoms with Gasteiger partial charge in [0, 0.05) is 5.56 Å². The van der Waals surface area contributed by atoms with Crippen LogP contribution in [0.3, 0.4) is 0 Å². The molecule has 0 unspecified atom stereocenters. The molecule has 0 aliphatic heterocycles. The fourth-order valence-corrected chi connectivity index (χ4v) is 5.47. The minimum absolute atomic E-state index is 0.0936. The number of aryl methyl sites for hydroxylation is 6. The van der Waals surface area contributed by atoms with E-state index in [1.54, 1.807) is 6.92 Å². The second-order valence-corrected chi connectivity index (χ2v) is 11.8. The lowest BCUT2D eigenvalue weighted by Crippen LogP contribution is -1.98. The second-order valence-electron chi connectivity index (χ2n) is 11.8. The molecular weight excluding hydrogens is 500 g/mol. The van der Waals surface area contributed by atoms with E-state index in [0.29, 0.717) is 0 Å². The lowest BCUT2D eigenvalue weighted by Gasteiger charge is -2.16. The van der Waals surface area contributed by atoms with Gasteiger partial charge in [0.1, 0.15) is 5.75 Å². The van der Waals surface area contributed by atoms with Gasteiger partial charge in [-0.05, 0) is 145 Å². The lowest BCUT2D eigenvalue weighted by atomic mass is 9.88. The van der Waals surface area contributed by atoms with E-state index in [4.69, 9.17) is 4.74 Å². The van der Waals surface area contributed by atoms with Crippen molar-refractivity contribution >= 4 is 38.1 Å². The molecule has 2 heteroatoms. The van der Waals surface area contributed by atoms with E-state index < -0.39 is 0 Å². The van der Waals surface area contributed by atoms with Gasteiger partial charge in [-0.2, -0.15) is 0 Å². The number of benzene rings is 5. The normalized spacial score (nSPS) is 11.1. The van der Waals surface area contributed by atoms with Gasteiger partial charge in [0.2, 0.25) is 0 Å². The number of hydrogen-bond donors (Lipinski definition) is 0. The third-order valence-corrected chi connectivity index (χ3v) is 8.55. The number of fused-ring (bicyclic) bond motifs is 6. The van der Waals surface area contributed by atoms with Gasteiger partial charge in [0.15, 0.2) is 5.78 Å². The summed E-state index contributed by atoms with van der Waals surface area (Å²) >= 11 is 0. The van der Waals surface area contributed by atoms with Crippen LogP contribution in [0.5, 0.6) is 5.75 Å². The van der Waals surface area contributed by atoms with Gasteiger partial charge >= 0.3 is 0 Å². The summed E-state index contributed by atoms with van der Waals surface area (Å²) < 4.78 is 5.61. The third-order valence-electron chi connectivity index (χ3n) is 8.55. The maximum atomic E-state index is 11.1. The average Bonchev–Trinajstić information content (AvgIpc) is 2.94. The van der Waals surface area contributed by atoms with Crippen LogP contribution >= 0.6 is 0 Å². The Morgan fingerprint density at radius 3 is 1.20 bits per heavy atom. The standard InChI is InChI=1S/C24H24.C15H22O2/c1-13-7-19-20(8-14(13)2)22-10-16(4)18(6)12-24(22)23-11-17(5)15(3)9-21(19)23;1-3-4-5-6-7-12-17-15-10-8-14(9-11-15)13(2)16/h7-12H,1-6H3;8-11H,3-7,12H2,1-2H3. The summed E-state index contributed by atoms with van der Waals surface area (Å²) in [7, 11) is 0. The minimum atomic E-state index is 0.0936. The Kier molecular flexibility index (Phi) is 9.86. The van der Waals surface area contributed by atoms with Crippen molar-refractivity contribution in [1.82, 2.24) is 0 Å². The molecule has 0 bridgehead atoms. The topological polar surface area (TPSA) is 26.3 Å². The van der Waals surface area contributed by atoms with E-state index in [1.807, 2.05) is 24.3 Å². The first-order chi connectivity index (χ1) is 19.6. The number of Topliss-reactive ketones (excluding diaryl/α,β-unsaturated/α-hetero) is 1. The highest BCUT2D eigenvalue weighted by Crippen LogP contribution is 2.38. The quantitative estimate of drug-likeness (QED) is 0.110. The molecule has 0 amide bonds. The van der Waals surface area contributed by atoms with Crippen molar-refractivity contribution in [3.8, 4) is 5.75 Å². The third kappa shape index (κ3) is 6.99. The summed E-state index contributed by atoms with van der Waals surface area (Å²) in [6, 6.07) is 21.6. The molecular formula is C39H46O2. The Hall–Kier alpha value is -3.65. The van der Waals surface area contributed by atoms with E-state index in [2.05, 4.69) is 84.9 Å². The largest absolute Gasteiger partial charge is 0.494 e. The zero-order valence-corrected chi connectivity index (χ0v) is 26.3. The van der Waals surface area contributed by atoms with Crippen LogP contribution in [0.1, 0.15) is 89.7 Å². The van der Waals surface area contributed by atoms with Crippen molar-refractivity contribution in [3.63, 3.8) is 0 Å². The van der Waals surface area contributed by atoms with Crippen LogP contribution < -0.4 is 4.74 Å². The Morgan fingerprint density at radius 2 is 0.878 bits per heavy atom. The first-order valence-corrected chi connectivity index (χ1v) is 15.2. The van der Waals surface area contributed by atoms with Gasteiger partial charge in [0.05, 0.1) is 6.61 Å². The Balaban J connectivity index is 0.000000202. The Bertz CT molecular complexity index is 1420. The van der Waals surface area contributed by atoms with E-state index in [0.717, 1.165) is 24.3 Å². The SMILES string of the molecule is CCCCCCCOc1ccc(C(C)=O)cc1.Cc1cc2c3cc(C)c(C)cc3c3cc(C)c(C)cc3c2cc1C. The van der Waals surface area contributed by atoms with Gasteiger partial charge in [-0.3, -0.25) is 4.79 Å². The van der Waals surface area contributed by atoms with Crippen LogP contribution in [0.15, 0.2) is 60.7 Å². The fraction of sp³-hybridized carbons (Fsp3) is 0.359. The fourth-order valence-electron chi connectivity index (χ4n) is 5.47. The van der Waals surface area contributed by atoms with Gasteiger partial charge in [-0.15, -0.1) is 0 Å². The summed E-state index contributed by atoms with van der Waals surface area (Å²) in [5, 5.41) is 8.29. The van der Waals surface area contributed by atoms with Crippen molar-refractivity contribution < 1.29 is 9.53 Å². The van der Waals surface area contributed by atoms with Gasteiger partial charge in [-0.1, -0.05) is 69.0 Å². The van der Waals surface area contributed by atoms with Gasteiger partial charge < -0.3 is 4.74 Å². The summed E-state index contributed by atoms with van der Waals surface area (Å²) in [5.74, 6) is 0.946. The monoisotopic (exact) mass is 546 g/mol. The number of carbonyl (C=O) groups is 1. The summed E-state index contributed by atoms with van der Waals surface area (Å²) in [5.41, 5.74) is 8.93. The number of rotatable bonds is 8. The molecule has 0 aliphatic rings. The van der Waals surface area contributed by atoms with E-state index in [9.17, 15) is 4.79 Å². The highest BCUT2D eigenvalue weighted by molar-refractivity contribution is 6.26. The summed E-state index contributed by atoms with van der Waals surface area (Å²) in [6.07, 6.45) is 6.22. The van der Waals surface area contributed by atoms with E-state index in [1.165, 1.54) is 91.4 Å². The van der Waals surface area contributed by atoms with E-state index in [-0.39, 0.29) is 5.78 Å². The molecule has 0 spiro atoms. The van der Waals surface area contributed by atoms with Crippen molar-refractivity contribution in [2.75, 3.05) is 6.61 Å². The highest BCUT2D eigenvalue weighted by atomic mass is 16.5. The highest BCUT2D eigenvalue weighted by Gasteiger charge is 2.12. The zero-order chi connectivity index (χ0) is 29.7. The van der Waals surface area contributed by atoms with Crippen molar-refractivity contribution in [3.05, 3.63) is 99.6 Å². The molecule has 0 aliphatic carbocycles. The zero-order valence-electron chi connectivity index (χ0n) is 26.3. The van der Waals surface area contributed by atoms with Crippen LogP contribution in [0.25, 0.3) is 32.3 Å². The van der Waals surface area contributed by atoms with Crippen molar-refractivity contribution in [1.29, 1.82) is 0 Å². The average molecular weight is 547 g/mol. The van der Waals surface area contributed by atoms with Gasteiger partial charge in [0.25, 0.3) is 0 Å². The number of carbonyl (C=O) groups excluding carboxylic acids is 1. The molecule has 0 N–H and O–H groups in total. The second kappa shape index (κ2) is 13.3. The molecule has 0 fully saturated rings. The smallest absolute Gasteiger partial charge is 0.159 e. The number of hydrogen-bond acceptors (Lipinski definition) is 2. The molecule has 5 aromatic rings. The van der Waals surface area contributed by atoms with Crippen LogP contribution in [-0.4, -0.2) is 12.4 Å². The minimum Gasteiger partial charge on any atom is -0.494 e. The Labute approximate surface area is 246 Å². The number of ketones is 1. The predicted molar refractivity (Wildman–Crippen MR) is 178 cm³/mol. The van der Waals surface area contributed by atoms with Crippen molar-refractivity contribution in [2.24, 2.45) is 0 Å². The summed E-state index contributed by atoms with van der Waals surface area (Å²) in [6.45, 7) is 17.8. The predicted octanol–water partition coefficient (Wildman–Crippen LogP) is 11.2. The first kappa shape index (κ1) is 30.3. The molecule has 0 atom stereocenters. The van der Waals surface area contributed by atoms with Crippen LogP contribution in [0.2, 0.25) is 0 Å². The molecule has 0 saturated carbocycles. The number of ether oxygens (including phenoxy) is 1.